The molecule has 3 rings (SSSR count). The standard InChI is InChI=1S/C19H23N5O2/c1-11(26)17-14-6-15(13-7-20-12(2)21-8-13)22-16(9-25)18(14)24(23-17)10-19(3,4)5/h6-8,25H,9-10H2,1-5H3. The molecule has 0 bridgehead atoms. The Hall–Kier alpha value is -2.67. The summed E-state index contributed by atoms with van der Waals surface area (Å²) in [5.41, 5.74) is 2.87. The van der Waals surface area contributed by atoms with E-state index < -0.39 is 0 Å². The van der Waals surface area contributed by atoms with Crippen LogP contribution in [-0.2, 0) is 13.2 Å². The molecule has 0 aliphatic rings. The van der Waals surface area contributed by atoms with Gasteiger partial charge in [0.1, 0.15) is 11.5 Å². The SMILES string of the molecule is CC(=O)c1nn(CC(C)(C)C)c2c(CO)nc(-c3cnc(C)nc3)cc12. The third-order valence-corrected chi connectivity index (χ3v) is 3.98. The van der Waals surface area contributed by atoms with Gasteiger partial charge in [-0.3, -0.25) is 9.48 Å². The van der Waals surface area contributed by atoms with Gasteiger partial charge in [-0.05, 0) is 18.4 Å². The summed E-state index contributed by atoms with van der Waals surface area (Å²) in [6, 6.07) is 1.82. The number of carbonyl (C=O) groups is 1. The van der Waals surface area contributed by atoms with E-state index in [-0.39, 0.29) is 17.8 Å². The number of pyridine rings is 1. The summed E-state index contributed by atoms with van der Waals surface area (Å²) < 4.78 is 1.78. The maximum atomic E-state index is 12.1. The zero-order valence-corrected chi connectivity index (χ0v) is 15.7. The Kier molecular flexibility index (Phi) is 4.58. The Morgan fingerprint density at radius 1 is 1.23 bits per heavy atom. The number of aryl methyl sites for hydroxylation is 1. The molecule has 1 N–H and O–H groups in total. The molecule has 0 amide bonds. The molecule has 0 fully saturated rings. The fourth-order valence-electron chi connectivity index (χ4n) is 2.89. The predicted molar refractivity (Wildman–Crippen MR) is 98.7 cm³/mol. The van der Waals surface area contributed by atoms with Crippen LogP contribution in [0.2, 0.25) is 0 Å². The van der Waals surface area contributed by atoms with Crippen molar-refractivity contribution in [3.8, 4) is 11.3 Å². The molecule has 3 aromatic heterocycles. The van der Waals surface area contributed by atoms with Crippen molar-refractivity contribution < 1.29 is 9.90 Å². The van der Waals surface area contributed by atoms with Gasteiger partial charge in [0.05, 0.1) is 23.5 Å². The van der Waals surface area contributed by atoms with Crippen LogP contribution in [0.15, 0.2) is 18.5 Å². The predicted octanol–water partition coefficient (Wildman–Crippen LogP) is 2.94. The average Bonchev–Trinajstić information content (AvgIpc) is 2.91. The fraction of sp³-hybridized carbons (Fsp3) is 0.421. The van der Waals surface area contributed by atoms with Gasteiger partial charge in [-0.25, -0.2) is 15.0 Å². The lowest BCUT2D eigenvalue weighted by atomic mass is 9.97. The van der Waals surface area contributed by atoms with E-state index in [9.17, 15) is 9.90 Å². The molecule has 0 aromatic carbocycles. The minimum Gasteiger partial charge on any atom is -0.390 e. The van der Waals surface area contributed by atoms with Crippen LogP contribution in [0.3, 0.4) is 0 Å². The zero-order valence-electron chi connectivity index (χ0n) is 15.7. The number of nitrogens with zero attached hydrogens (tertiary/aromatic N) is 5. The van der Waals surface area contributed by atoms with E-state index in [0.29, 0.717) is 40.4 Å². The molecule has 7 nitrogen and oxygen atoms in total. The van der Waals surface area contributed by atoms with E-state index >= 15 is 0 Å². The molecule has 0 radical (unpaired) electrons. The number of fused-ring (bicyclic) bond motifs is 1. The van der Waals surface area contributed by atoms with Gasteiger partial charge in [0.25, 0.3) is 0 Å². The number of aliphatic hydroxyl groups excluding tert-OH is 1. The van der Waals surface area contributed by atoms with Crippen molar-refractivity contribution in [3.63, 3.8) is 0 Å². The monoisotopic (exact) mass is 353 g/mol. The summed E-state index contributed by atoms with van der Waals surface area (Å²) in [6.07, 6.45) is 3.37. The summed E-state index contributed by atoms with van der Waals surface area (Å²) in [7, 11) is 0. The number of rotatable bonds is 4. The molecule has 0 spiro atoms. The maximum absolute atomic E-state index is 12.1. The third-order valence-electron chi connectivity index (χ3n) is 3.98. The summed E-state index contributed by atoms with van der Waals surface area (Å²) in [6.45, 7) is 9.96. The van der Waals surface area contributed by atoms with E-state index in [2.05, 4.69) is 40.8 Å². The number of aromatic nitrogens is 5. The first kappa shape index (κ1) is 18.1. The fourth-order valence-corrected chi connectivity index (χ4v) is 2.89. The Bertz CT molecular complexity index is 968. The highest BCUT2D eigenvalue weighted by Crippen LogP contribution is 2.29. The van der Waals surface area contributed by atoms with Gasteiger partial charge in [-0.1, -0.05) is 20.8 Å². The van der Waals surface area contributed by atoms with Crippen LogP contribution in [0.25, 0.3) is 22.2 Å². The summed E-state index contributed by atoms with van der Waals surface area (Å²) in [5, 5.41) is 15.1. The molecule has 7 heteroatoms. The van der Waals surface area contributed by atoms with Crippen molar-refractivity contribution in [1.82, 2.24) is 24.7 Å². The topological polar surface area (TPSA) is 93.8 Å². The van der Waals surface area contributed by atoms with E-state index in [0.717, 1.165) is 5.56 Å². The van der Waals surface area contributed by atoms with Crippen molar-refractivity contribution in [1.29, 1.82) is 0 Å². The molecule has 0 unspecified atom stereocenters. The normalized spacial score (nSPS) is 11.9. The molecule has 3 aromatic rings. The zero-order chi connectivity index (χ0) is 19.1. The van der Waals surface area contributed by atoms with Gasteiger partial charge in [-0.15, -0.1) is 0 Å². The van der Waals surface area contributed by atoms with Crippen LogP contribution in [-0.4, -0.2) is 35.6 Å². The first-order valence-electron chi connectivity index (χ1n) is 8.51. The number of carbonyl (C=O) groups excluding carboxylic acids is 1. The van der Waals surface area contributed by atoms with Gasteiger partial charge in [0.2, 0.25) is 0 Å². The summed E-state index contributed by atoms with van der Waals surface area (Å²) in [5.74, 6) is 0.545. The van der Waals surface area contributed by atoms with Crippen LogP contribution in [0.5, 0.6) is 0 Å². The van der Waals surface area contributed by atoms with Gasteiger partial charge < -0.3 is 5.11 Å². The minimum absolute atomic E-state index is 0.0385. The minimum atomic E-state index is -0.246. The number of ketones is 1. The van der Waals surface area contributed by atoms with Gasteiger partial charge in [0.15, 0.2) is 5.78 Å². The largest absolute Gasteiger partial charge is 0.390 e. The average molecular weight is 353 g/mol. The van der Waals surface area contributed by atoms with Gasteiger partial charge in [-0.2, -0.15) is 5.10 Å². The number of hydrogen-bond donors (Lipinski definition) is 1. The van der Waals surface area contributed by atoms with Crippen molar-refractivity contribution in [2.75, 3.05) is 0 Å². The Labute approximate surface area is 152 Å². The van der Waals surface area contributed by atoms with E-state index in [1.54, 1.807) is 17.1 Å². The van der Waals surface area contributed by atoms with E-state index in [1.165, 1.54) is 6.92 Å². The molecule has 0 saturated heterocycles. The number of hydrogen-bond acceptors (Lipinski definition) is 6. The maximum Gasteiger partial charge on any atom is 0.180 e. The Morgan fingerprint density at radius 3 is 2.42 bits per heavy atom. The van der Waals surface area contributed by atoms with Crippen molar-refractivity contribution in [2.45, 2.75) is 47.8 Å². The Balaban J connectivity index is 2.28. The molecule has 0 aliphatic heterocycles. The molecular weight excluding hydrogens is 330 g/mol. The molecule has 26 heavy (non-hydrogen) atoms. The smallest absolute Gasteiger partial charge is 0.180 e. The lowest BCUT2D eigenvalue weighted by molar-refractivity contribution is 0.101. The van der Waals surface area contributed by atoms with Crippen molar-refractivity contribution >= 4 is 16.7 Å². The molecule has 0 atom stereocenters. The van der Waals surface area contributed by atoms with Crippen molar-refractivity contribution in [2.24, 2.45) is 5.41 Å². The number of Topliss-reactive ketones (excluding diaryl/α,β-unsaturated/α-hetero) is 1. The number of aliphatic hydroxyl groups is 1. The first-order valence-corrected chi connectivity index (χ1v) is 8.51. The van der Waals surface area contributed by atoms with Gasteiger partial charge >= 0.3 is 0 Å². The highest BCUT2D eigenvalue weighted by molar-refractivity contribution is 6.06. The lowest BCUT2D eigenvalue weighted by Crippen LogP contribution is -2.17. The van der Waals surface area contributed by atoms with Crippen LogP contribution >= 0.6 is 0 Å². The second-order valence-electron chi connectivity index (χ2n) is 7.65. The first-order chi connectivity index (χ1) is 12.2. The molecule has 0 aliphatic carbocycles. The van der Waals surface area contributed by atoms with Crippen LogP contribution in [0.1, 0.15) is 49.7 Å². The second kappa shape index (κ2) is 6.57. The van der Waals surface area contributed by atoms with E-state index in [4.69, 9.17) is 0 Å². The quantitative estimate of drug-likeness (QED) is 0.725. The summed E-state index contributed by atoms with van der Waals surface area (Å²) in [4.78, 5) is 25.1. The van der Waals surface area contributed by atoms with Crippen LogP contribution in [0, 0.1) is 12.3 Å². The Morgan fingerprint density at radius 2 is 1.88 bits per heavy atom. The highest BCUT2D eigenvalue weighted by Gasteiger charge is 2.22. The summed E-state index contributed by atoms with van der Waals surface area (Å²) >= 11 is 0. The van der Waals surface area contributed by atoms with Crippen LogP contribution < -0.4 is 0 Å². The van der Waals surface area contributed by atoms with Crippen LogP contribution in [0.4, 0.5) is 0 Å². The lowest BCUT2D eigenvalue weighted by Gasteiger charge is -2.19. The van der Waals surface area contributed by atoms with E-state index in [1.807, 2.05) is 13.0 Å². The molecule has 3 heterocycles. The molecule has 0 saturated carbocycles. The van der Waals surface area contributed by atoms with Gasteiger partial charge in [0, 0.05) is 36.8 Å². The van der Waals surface area contributed by atoms with Crippen molar-refractivity contribution in [3.05, 3.63) is 35.7 Å². The molecular formula is C19H23N5O2. The molecule has 136 valence electrons. The highest BCUT2D eigenvalue weighted by atomic mass is 16.3. The second-order valence-corrected chi connectivity index (χ2v) is 7.65. The third kappa shape index (κ3) is 3.48.